The summed E-state index contributed by atoms with van der Waals surface area (Å²) in [6, 6.07) is 4.81. The molecular formula is C15H18ClNO4. The lowest BCUT2D eigenvalue weighted by Gasteiger charge is -2.14. The fourth-order valence-corrected chi connectivity index (χ4v) is 2.54. The topological polar surface area (TPSA) is 64.6 Å². The number of esters is 1. The minimum atomic E-state index is -0.530. The molecule has 1 aromatic carbocycles. The first kappa shape index (κ1) is 15.6. The molecule has 1 N–H and O–H groups in total. The number of benzene rings is 1. The van der Waals surface area contributed by atoms with Crippen molar-refractivity contribution in [1.82, 2.24) is 5.32 Å². The average Bonchev–Trinajstić information content (AvgIpc) is 2.97. The number of methoxy groups -OCH3 is 1. The van der Waals surface area contributed by atoms with Crippen LogP contribution in [0, 0.1) is 0 Å². The zero-order valence-corrected chi connectivity index (χ0v) is 12.6. The Morgan fingerprint density at radius 1 is 1.33 bits per heavy atom. The van der Waals surface area contributed by atoms with E-state index in [-0.39, 0.29) is 29.9 Å². The molecule has 1 amide bonds. The third-order valence-electron chi connectivity index (χ3n) is 3.43. The molecule has 0 heterocycles. The molecule has 0 bridgehead atoms. The number of nitrogens with one attached hydrogen (secondary N) is 1. The molecule has 114 valence electrons. The van der Waals surface area contributed by atoms with Crippen molar-refractivity contribution in [3.05, 3.63) is 28.8 Å². The molecule has 1 aromatic rings. The minimum Gasteiger partial charge on any atom is -0.483 e. The molecule has 1 aliphatic rings. The van der Waals surface area contributed by atoms with Gasteiger partial charge < -0.3 is 14.8 Å². The second-order valence-electron chi connectivity index (χ2n) is 4.97. The van der Waals surface area contributed by atoms with E-state index in [1.165, 1.54) is 19.2 Å². The van der Waals surface area contributed by atoms with Crippen molar-refractivity contribution >= 4 is 23.5 Å². The Morgan fingerprint density at radius 2 is 2.05 bits per heavy atom. The van der Waals surface area contributed by atoms with Crippen molar-refractivity contribution in [2.24, 2.45) is 0 Å². The highest BCUT2D eigenvalue weighted by Gasteiger charge is 2.18. The van der Waals surface area contributed by atoms with E-state index in [9.17, 15) is 9.59 Å². The van der Waals surface area contributed by atoms with Crippen LogP contribution in [0.3, 0.4) is 0 Å². The van der Waals surface area contributed by atoms with Crippen molar-refractivity contribution in [2.45, 2.75) is 31.7 Å². The number of rotatable bonds is 5. The third kappa shape index (κ3) is 4.36. The molecule has 0 unspecified atom stereocenters. The van der Waals surface area contributed by atoms with Crippen LogP contribution >= 0.6 is 11.6 Å². The first-order chi connectivity index (χ1) is 10.1. The summed E-state index contributed by atoms with van der Waals surface area (Å²) in [7, 11) is 1.29. The Kier molecular flexibility index (Phi) is 5.44. The molecule has 1 saturated carbocycles. The average molecular weight is 312 g/mol. The van der Waals surface area contributed by atoms with Crippen molar-refractivity contribution < 1.29 is 19.1 Å². The third-order valence-corrected chi connectivity index (χ3v) is 3.66. The second kappa shape index (κ2) is 7.31. The summed E-state index contributed by atoms with van der Waals surface area (Å²) in [6.45, 7) is -0.152. The van der Waals surface area contributed by atoms with Crippen molar-refractivity contribution in [1.29, 1.82) is 0 Å². The van der Waals surface area contributed by atoms with E-state index < -0.39 is 5.97 Å². The van der Waals surface area contributed by atoms with Gasteiger partial charge in [-0.15, -0.1) is 0 Å². The summed E-state index contributed by atoms with van der Waals surface area (Å²) in [5.74, 6) is -0.480. The van der Waals surface area contributed by atoms with Gasteiger partial charge in [0, 0.05) is 11.1 Å². The summed E-state index contributed by atoms with van der Waals surface area (Å²) in [5.41, 5.74) is 0.246. The molecule has 5 nitrogen and oxygen atoms in total. The summed E-state index contributed by atoms with van der Waals surface area (Å²) < 4.78 is 10.1. The SMILES string of the molecule is COC(=O)c1ccc(Cl)cc1OCC(=O)NC1CCCC1. The molecule has 1 fully saturated rings. The maximum absolute atomic E-state index is 11.8. The number of ether oxygens (including phenoxy) is 2. The van der Waals surface area contributed by atoms with E-state index in [4.69, 9.17) is 16.3 Å². The monoisotopic (exact) mass is 311 g/mol. The Balaban J connectivity index is 1.96. The van der Waals surface area contributed by atoms with Crippen LogP contribution < -0.4 is 10.1 Å². The number of carbonyl (C=O) groups excluding carboxylic acids is 2. The lowest BCUT2D eigenvalue weighted by Crippen LogP contribution is -2.36. The first-order valence-electron chi connectivity index (χ1n) is 6.90. The highest BCUT2D eigenvalue weighted by atomic mass is 35.5. The molecule has 0 spiro atoms. The Bertz CT molecular complexity index is 526. The molecule has 6 heteroatoms. The predicted molar refractivity (Wildman–Crippen MR) is 78.7 cm³/mol. The molecule has 0 aliphatic heterocycles. The minimum absolute atomic E-state index is 0.152. The van der Waals surface area contributed by atoms with E-state index in [1.54, 1.807) is 6.07 Å². The number of amides is 1. The Morgan fingerprint density at radius 3 is 2.71 bits per heavy atom. The Hall–Kier alpha value is -1.75. The summed E-state index contributed by atoms with van der Waals surface area (Å²) in [6.07, 6.45) is 4.31. The molecule has 0 aromatic heterocycles. The van der Waals surface area contributed by atoms with Crippen LogP contribution in [0.4, 0.5) is 0 Å². The fraction of sp³-hybridized carbons (Fsp3) is 0.467. The van der Waals surface area contributed by atoms with Crippen molar-refractivity contribution in [3.8, 4) is 5.75 Å². The number of hydrogen-bond acceptors (Lipinski definition) is 4. The summed E-state index contributed by atoms with van der Waals surface area (Å²) in [4.78, 5) is 23.4. The van der Waals surface area contributed by atoms with Gasteiger partial charge in [0.25, 0.3) is 5.91 Å². The van der Waals surface area contributed by atoms with E-state index in [0.29, 0.717) is 5.02 Å². The van der Waals surface area contributed by atoms with E-state index in [1.807, 2.05) is 0 Å². The van der Waals surface area contributed by atoms with Gasteiger partial charge in [0.15, 0.2) is 6.61 Å². The smallest absolute Gasteiger partial charge is 0.341 e. The largest absolute Gasteiger partial charge is 0.483 e. The normalized spacial score (nSPS) is 14.8. The first-order valence-corrected chi connectivity index (χ1v) is 7.28. The van der Waals surface area contributed by atoms with E-state index >= 15 is 0 Å². The molecule has 0 saturated heterocycles. The lowest BCUT2D eigenvalue weighted by molar-refractivity contribution is -0.123. The number of carbonyl (C=O) groups is 2. The van der Waals surface area contributed by atoms with Crippen molar-refractivity contribution in [2.75, 3.05) is 13.7 Å². The van der Waals surface area contributed by atoms with Gasteiger partial charge in [0.05, 0.1) is 7.11 Å². The quantitative estimate of drug-likeness (QED) is 0.849. The van der Waals surface area contributed by atoms with Crippen LogP contribution in [-0.4, -0.2) is 31.6 Å². The predicted octanol–water partition coefficient (Wildman–Crippen LogP) is 2.56. The van der Waals surface area contributed by atoms with Crippen LogP contribution in [0.5, 0.6) is 5.75 Å². The molecular weight excluding hydrogens is 294 g/mol. The van der Waals surface area contributed by atoms with Crippen LogP contribution in [0.25, 0.3) is 0 Å². The van der Waals surface area contributed by atoms with Gasteiger partial charge in [-0.2, -0.15) is 0 Å². The molecule has 0 radical (unpaired) electrons. The van der Waals surface area contributed by atoms with Gasteiger partial charge in [-0.05, 0) is 31.0 Å². The van der Waals surface area contributed by atoms with Gasteiger partial charge in [-0.25, -0.2) is 4.79 Å². The number of hydrogen-bond donors (Lipinski definition) is 1. The van der Waals surface area contributed by atoms with Gasteiger partial charge >= 0.3 is 5.97 Å². The van der Waals surface area contributed by atoms with Gasteiger partial charge in [-0.3, -0.25) is 4.79 Å². The number of halogens is 1. The van der Waals surface area contributed by atoms with Crippen LogP contribution in [0.15, 0.2) is 18.2 Å². The maximum Gasteiger partial charge on any atom is 0.341 e. The second-order valence-corrected chi connectivity index (χ2v) is 5.41. The highest BCUT2D eigenvalue weighted by molar-refractivity contribution is 6.30. The molecule has 1 aliphatic carbocycles. The van der Waals surface area contributed by atoms with Gasteiger partial charge in [0.1, 0.15) is 11.3 Å². The van der Waals surface area contributed by atoms with Crippen molar-refractivity contribution in [3.63, 3.8) is 0 Å². The zero-order valence-electron chi connectivity index (χ0n) is 11.9. The molecule has 2 rings (SSSR count). The van der Waals surface area contributed by atoms with Gasteiger partial charge in [-0.1, -0.05) is 24.4 Å². The van der Waals surface area contributed by atoms with Crippen LogP contribution in [0.2, 0.25) is 5.02 Å². The fourth-order valence-electron chi connectivity index (χ4n) is 2.38. The van der Waals surface area contributed by atoms with Gasteiger partial charge in [0.2, 0.25) is 0 Å². The highest BCUT2D eigenvalue weighted by Crippen LogP contribution is 2.24. The molecule has 21 heavy (non-hydrogen) atoms. The van der Waals surface area contributed by atoms with E-state index in [0.717, 1.165) is 25.7 Å². The van der Waals surface area contributed by atoms with Crippen LogP contribution in [0.1, 0.15) is 36.0 Å². The Labute approximate surface area is 128 Å². The zero-order chi connectivity index (χ0) is 15.2. The maximum atomic E-state index is 11.8. The summed E-state index contributed by atoms with van der Waals surface area (Å²) in [5, 5.41) is 3.34. The lowest BCUT2D eigenvalue weighted by atomic mass is 10.2. The van der Waals surface area contributed by atoms with E-state index in [2.05, 4.69) is 10.1 Å². The summed E-state index contributed by atoms with van der Waals surface area (Å²) >= 11 is 5.88. The van der Waals surface area contributed by atoms with Crippen LogP contribution in [-0.2, 0) is 9.53 Å². The standard InChI is InChI=1S/C15H18ClNO4/c1-20-15(19)12-7-6-10(16)8-13(12)21-9-14(18)17-11-4-2-3-5-11/h6-8,11H,2-5,9H2,1H3,(H,17,18). The molecule has 0 atom stereocenters.